The molecule has 0 bridgehead atoms. The first-order chi connectivity index (χ1) is 13.2. The number of piperidine rings is 1. The fourth-order valence-electron chi connectivity index (χ4n) is 4.32. The van der Waals surface area contributed by atoms with Gasteiger partial charge in [0.15, 0.2) is 0 Å². The van der Waals surface area contributed by atoms with Crippen molar-refractivity contribution < 1.29 is 9.53 Å². The standard InChI is InChI=1S/C21H26N4O2/c1-15-18(4-3-9-23-15)21(26)24-12-7-17(8-13-24)25-14-19(27-2)20(25)16-5-10-22-11-6-16/h3-6,9-11,17,19-20H,7-8,12-14H2,1-2H3. The van der Waals surface area contributed by atoms with Crippen LogP contribution in [0.2, 0.25) is 0 Å². The van der Waals surface area contributed by atoms with Crippen molar-refractivity contribution in [1.82, 2.24) is 19.8 Å². The molecule has 6 heteroatoms. The van der Waals surface area contributed by atoms with Crippen LogP contribution in [-0.2, 0) is 4.74 Å². The summed E-state index contributed by atoms with van der Waals surface area (Å²) in [6.07, 6.45) is 7.62. The van der Waals surface area contributed by atoms with Crippen LogP contribution in [0.1, 0.15) is 40.5 Å². The number of amides is 1. The van der Waals surface area contributed by atoms with E-state index < -0.39 is 0 Å². The van der Waals surface area contributed by atoms with E-state index in [1.165, 1.54) is 5.56 Å². The zero-order valence-electron chi connectivity index (χ0n) is 15.9. The molecule has 2 atom stereocenters. The first-order valence-corrected chi connectivity index (χ1v) is 9.58. The van der Waals surface area contributed by atoms with Gasteiger partial charge in [0.25, 0.3) is 5.91 Å². The molecule has 0 saturated carbocycles. The molecular weight excluding hydrogens is 340 g/mol. The van der Waals surface area contributed by atoms with Gasteiger partial charge in [0.05, 0.1) is 17.7 Å². The molecule has 0 radical (unpaired) electrons. The number of aryl methyl sites for hydroxylation is 1. The second-order valence-electron chi connectivity index (χ2n) is 7.36. The summed E-state index contributed by atoms with van der Waals surface area (Å²) in [5, 5.41) is 0. The third-order valence-electron chi connectivity index (χ3n) is 5.91. The van der Waals surface area contributed by atoms with E-state index >= 15 is 0 Å². The van der Waals surface area contributed by atoms with Gasteiger partial charge in [0.1, 0.15) is 0 Å². The summed E-state index contributed by atoms with van der Waals surface area (Å²) in [7, 11) is 1.79. The normalized spacial score (nSPS) is 23.9. The van der Waals surface area contributed by atoms with Crippen molar-refractivity contribution in [3.8, 4) is 0 Å². The monoisotopic (exact) mass is 366 g/mol. The van der Waals surface area contributed by atoms with Gasteiger partial charge in [-0.05, 0) is 49.6 Å². The minimum atomic E-state index is 0.100. The Morgan fingerprint density at radius 3 is 2.56 bits per heavy atom. The van der Waals surface area contributed by atoms with E-state index in [9.17, 15) is 4.79 Å². The summed E-state index contributed by atoms with van der Waals surface area (Å²) in [4.78, 5) is 25.7. The molecule has 0 spiro atoms. The molecule has 2 aliphatic rings. The molecule has 2 fully saturated rings. The molecule has 2 aliphatic heterocycles. The molecule has 27 heavy (non-hydrogen) atoms. The van der Waals surface area contributed by atoms with Crippen LogP contribution in [0.3, 0.4) is 0 Å². The molecule has 4 rings (SSSR count). The molecule has 0 aromatic carbocycles. The number of pyridine rings is 2. The molecule has 6 nitrogen and oxygen atoms in total. The Balaban J connectivity index is 1.41. The van der Waals surface area contributed by atoms with Gasteiger partial charge in [-0.1, -0.05) is 0 Å². The van der Waals surface area contributed by atoms with Gasteiger partial charge in [-0.2, -0.15) is 0 Å². The van der Waals surface area contributed by atoms with Crippen molar-refractivity contribution in [2.45, 2.75) is 38.0 Å². The number of hydrogen-bond donors (Lipinski definition) is 0. The Kier molecular flexibility index (Phi) is 5.18. The van der Waals surface area contributed by atoms with Crippen molar-refractivity contribution in [3.05, 3.63) is 59.7 Å². The highest BCUT2D eigenvalue weighted by Crippen LogP contribution is 2.39. The number of nitrogens with zero attached hydrogens (tertiary/aromatic N) is 4. The zero-order valence-corrected chi connectivity index (χ0v) is 15.9. The summed E-state index contributed by atoms with van der Waals surface area (Å²) in [6, 6.07) is 8.62. The number of carbonyl (C=O) groups excluding carboxylic acids is 1. The SMILES string of the molecule is COC1CN(C2CCN(C(=O)c3cccnc3C)CC2)C1c1ccncc1. The van der Waals surface area contributed by atoms with Gasteiger partial charge in [-0.15, -0.1) is 0 Å². The molecule has 4 heterocycles. The quantitative estimate of drug-likeness (QED) is 0.832. The molecule has 2 aromatic rings. The topological polar surface area (TPSA) is 58.6 Å². The maximum Gasteiger partial charge on any atom is 0.255 e. The van der Waals surface area contributed by atoms with Gasteiger partial charge >= 0.3 is 0 Å². The average molecular weight is 366 g/mol. The number of ether oxygens (including phenoxy) is 1. The predicted octanol–water partition coefficient (Wildman–Crippen LogP) is 2.46. The summed E-state index contributed by atoms with van der Waals surface area (Å²) in [6.45, 7) is 4.41. The molecule has 2 aromatic heterocycles. The highest BCUT2D eigenvalue weighted by Gasteiger charge is 2.44. The van der Waals surface area contributed by atoms with Crippen LogP contribution in [0.15, 0.2) is 42.9 Å². The van der Waals surface area contributed by atoms with Crippen LogP contribution in [0.4, 0.5) is 0 Å². The van der Waals surface area contributed by atoms with Crippen molar-refractivity contribution in [2.75, 3.05) is 26.7 Å². The van der Waals surface area contributed by atoms with E-state index in [0.717, 1.165) is 38.2 Å². The second kappa shape index (κ2) is 7.74. The lowest BCUT2D eigenvalue weighted by Gasteiger charge is -2.53. The van der Waals surface area contributed by atoms with E-state index in [4.69, 9.17) is 4.74 Å². The molecule has 1 amide bonds. The zero-order chi connectivity index (χ0) is 18.8. The third-order valence-corrected chi connectivity index (χ3v) is 5.91. The molecule has 0 N–H and O–H groups in total. The Labute approximate surface area is 160 Å². The maximum absolute atomic E-state index is 12.8. The van der Waals surface area contributed by atoms with Gasteiger partial charge < -0.3 is 9.64 Å². The lowest BCUT2D eigenvalue weighted by Crippen LogP contribution is -2.60. The van der Waals surface area contributed by atoms with Crippen molar-refractivity contribution in [2.24, 2.45) is 0 Å². The van der Waals surface area contributed by atoms with Gasteiger partial charge in [0, 0.05) is 57.1 Å². The Hall–Kier alpha value is -2.31. The highest BCUT2D eigenvalue weighted by atomic mass is 16.5. The van der Waals surface area contributed by atoms with Gasteiger partial charge in [0.2, 0.25) is 0 Å². The number of rotatable bonds is 4. The Bertz CT molecular complexity index is 790. The number of aromatic nitrogens is 2. The van der Waals surface area contributed by atoms with Crippen LogP contribution in [0.25, 0.3) is 0 Å². The van der Waals surface area contributed by atoms with E-state index in [1.807, 2.05) is 36.4 Å². The Morgan fingerprint density at radius 2 is 1.89 bits per heavy atom. The average Bonchev–Trinajstić information content (AvgIpc) is 2.69. The van der Waals surface area contributed by atoms with Crippen molar-refractivity contribution in [1.29, 1.82) is 0 Å². The third kappa shape index (κ3) is 3.47. The van der Waals surface area contributed by atoms with Crippen LogP contribution in [0.5, 0.6) is 0 Å². The molecule has 2 unspecified atom stereocenters. The number of hydrogen-bond acceptors (Lipinski definition) is 5. The second-order valence-corrected chi connectivity index (χ2v) is 7.36. The minimum absolute atomic E-state index is 0.100. The predicted molar refractivity (Wildman–Crippen MR) is 102 cm³/mol. The van der Waals surface area contributed by atoms with Gasteiger partial charge in [-0.25, -0.2) is 0 Å². The Morgan fingerprint density at radius 1 is 1.15 bits per heavy atom. The fraction of sp³-hybridized carbons (Fsp3) is 0.476. The van der Waals surface area contributed by atoms with Crippen molar-refractivity contribution >= 4 is 5.91 Å². The van der Waals surface area contributed by atoms with Crippen LogP contribution in [-0.4, -0.2) is 64.6 Å². The van der Waals surface area contributed by atoms with Crippen LogP contribution < -0.4 is 0 Å². The summed E-state index contributed by atoms with van der Waals surface area (Å²) >= 11 is 0. The molecule has 142 valence electrons. The van der Waals surface area contributed by atoms with Crippen LogP contribution >= 0.6 is 0 Å². The fourth-order valence-corrected chi connectivity index (χ4v) is 4.32. The lowest BCUT2D eigenvalue weighted by molar-refractivity contribution is -0.115. The van der Waals surface area contributed by atoms with E-state index in [1.54, 1.807) is 13.3 Å². The van der Waals surface area contributed by atoms with Crippen molar-refractivity contribution in [3.63, 3.8) is 0 Å². The number of likely N-dealkylation sites (tertiary alicyclic amines) is 2. The first kappa shape index (κ1) is 18.1. The summed E-state index contributed by atoms with van der Waals surface area (Å²) in [5.41, 5.74) is 2.77. The lowest BCUT2D eigenvalue weighted by atomic mass is 9.87. The van der Waals surface area contributed by atoms with E-state index in [-0.39, 0.29) is 18.1 Å². The molecular formula is C21H26N4O2. The number of methoxy groups -OCH3 is 1. The summed E-state index contributed by atoms with van der Waals surface area (Å²) in [5.74, 6) is 0.100. The molecule has 2 saturated heterocycles. The van der Waals surface area contributed by atoms with Gasteiger partial charge in [-0.3, -0.25) is 19.7 Å². The smallest absolute Gasteiger partial charge is 0.255 e. The van der Waals surface area contributed by atoms with E-state index in [0.29, 0.717) is 11.6 Å². The number of carbonyl (C=O) groups is 1. The minimum Gasteiger partial charge on any atom is -0.378 e. The maximum atomic E-state index is 12.8. The first-order valence-electron chi connectivity index (χ1n) is 9.58. The van der Waals surface area contributed by atoms with E-state index in [2.05, 4.69) is 27.0 Å². The molecule has 0 aliphatic carbocycles. The summed E-state index contributed by atoms with van der Waals surface area (Å²) < 4.78 is 5.67. The largest absolute Gasteiger partial charge is 0.378 e. The van der Waals surface area contributed by atoms with Crippen LogP contribution in [0, 0.1) is 6.92 Å². The highest BCUT2D eigenvalue weighted by molar-refractivity contribution is 5.95.